The van der Waals surface area contributed by atoms with Crippen LogP contribution in [0.1, 0.15) is 0 Å². The summed E-state index contributed by atoms with van der Waals surface area (Å²) in [6.07, 6.45) is 0. The molecule has 0 saturated heterocycles. The van der Waals surface area contributed by atoms with Crippen LogP contribution >= 0.6 is 15.9 Å². The van der Waals surface area contributed by atoms with Crippen LogP contribution in [0.25, 0.3) is 0 Å². The van der Waals surface area contributed by atoms with E-state index in [1.165, 1.54) is 12.1 Å². The predicted molar refractivity (Wildman–Crippen MR) is 57.7 cm³/mol. The summed E-state index contributed by atoms with van der Waals surface area (Å²) in [7, 11) is -3.47. The standard InChI is InChI=1S/C8H10BrNO3S/c9-6-1-2-7(10)8(5-6)14(12,13)4-3-11/h1-2,5,11H,3-4,10H2. The van der Waals surface area contributed by atoms with Gasteiger partial charge in [0.15, 0.2) is 9.84 Å². The third-order valence-corrected chi connectivity index (χ3v) is 3.91. The number of rotatable bonds is 3. The normalized spacial score (nSPS) is 11.6. The molecule has 0 atom stereocenters. The molecule has 4 nitrogen and oxygen atoms in total. The third-order valence-electron chi connectivity index (χ3n) is 1.67. The first-order valence-corrected chi connectivity index (χ1v) is 6.30. The van der Waals surface area contributed by atoms with Crippen LogP contribution in [0.15, 0.2) is 27.6 Å². The third kappa shape index (κ3) is 2.46. The molecule has 6 heteroatoms. The second-order valence-corrected chi connectivity index (χ2v) is 5.72. The molecule has 0 unspecified atom stereocenters. The summed E-state index contributed by atoms with van der Waals surface area (Å²) in [5.74, 6) is -0.312. The summed E-state index contributed by atoms with van der Waals surface area (Å²) in [6, 6.07) is 4.60. The fraction of sp³-hybridized carbons (Fsp3) is 0.250. The fourth-order valence-corrected chi connectivity index (χ4v) is 2.71. The van der Waals surface area contributed by atoms with Crippen LogP contribution in [0, 0.1) is 0 Å². The molecule has 0 aromatic heterocycles. The average molecular weight is 280 g/mol. The lowest BCUT2D eigenvalue weighted by Crippen LogP contribution is -2.12. The van der Waals surface area contributed by atoms with Crippen molar-refractivity contribution in [3.05, 3.63) is 22.7 Å². The highest BCUT2D eigenvalue weighted by Crippen LogP contribution is 2.23. The van der Waals surface area contributed by atoms with E-state index in [4.69, 9.17) is 10.8 Å². The Kier molecular flexibility index (Phi) is 3.52. The highest BCUT2D eigenvalue weighted by atomic mass is 79.9. The zero-order valence-electron chi connectivity index (χ0n) is 7.27. The molecule has 0 aliphatic heterocycles. The number of anilines is 1. The van der Waals surface area contributed by atoms with Gasteiger partial charge in [0, 0.05) is 4.47 Å². The van der Waals surface area contributed by atoms with Gasteiger partial charge in [0.2, 0.25) is 0 Å². The second-order valence-electron chi connectivity index (χ2n) is 2.72. The summed E-state index contributed by atoms with van der Waals surface area (Å²) in [5.41, 5.74) is 5.72. The van der Waals surface area contributed by atoms with Gasteiger partial charge in [0.05, 0.1) is 22.9 Å². The number of hydrogen-bond donors (Lipinski definition) is 2. The second kappa shape index (κ2) is 4.29. The molecule has 0 amide bonds. The van der Waals surface area contributed by atoms with Crippen molar-refractivity contribution in [1.82, 2.24) is 0 Å². The van der Waals surface area contributed by atoms with Gasteiger partial charge in [-0.1, -0.05) is 15.9 Å². The quantitative estimate of drug-likeness (QED) is 0.802. The van der Waals surface area contributed by atoms with Crippen LogP contribution < -0.4 is 5.73 Å². The van der Waals surface area contributed by atoms with E-state index >= 15 is 0 Å². The molecule has 3 N–H and O–H groups in total. The molecule has 0 spiro atoms. The van der Waals surface area contributed by atoms with E-state index in [2.05, 4.69) is 15.9 Å². The minimum Gasteiger partial charge on any atom is -0.398 e. The lowest BCUT2D eigenvalue weighted by Gasteiger charge is -2.06. The molecule has 1 aromatic carbocycles. The molecule has 0 heterocycles. The topological polar surface area (TPSA) is 80.4 Å². The molecular weight excluding hydrogens is 270 g/mol. The molecule has 1 rings (SSSR count). The maximum Gasteiger partial charge on any atom is 0.182 e. The Labute approximate surface area is 90.8 Å². The van der Waals surface area contributed by atoms with E-state index in [1.54, 1.807) is 6.07 Å². The van der Waals surface area contributed by atoms with Crippen molar-refractivity contribution in [3.63, 3.8) is 0 Å². The van der Waals surface area contributed by atoms with E-state index in [-0.39, 0.29) is 16.3 Å². The van der Waals surface area contributed by atoms with Crippen molar-refractivity contribution in [2.45, 2.75) is 4.90 Å². The predicted octanol–water partition coefficient (Wildman–Crippen LogP) is 0.797. The van der Waals surface area contributed by atoms with Gasteiger partial charge in [-0.05, 0) is 18.2 Å². The first kappa shape index (κ1) is 11.5. The summed E-state index contributed by atoms with van der Waals surface area (Å²) in [6.45, 7) is -0.408. The summed E-state index contributed by atoms with van der Waals surface area (Å²) in [4.78, 5) is 0.0564. The Bertz CT molecular complexity index is 430. The number of hydrogen-bond acceptors (Lipinski definition) is 4. The van der Waals surface area contributed by atoms with Crippen molar-refractivity contribution in [2.75, 3.05) is 18.1 Å². The van der Waals surface area contributed by atoms with Gasteiger partial charge in [-0.3, -0.25) is 0 Å². The number of nitrogen functional groups attached to an aromatic ring is 1. The Balaban J connectivity index is 3.25. The van der Waals surface area contributed by atoms with Gasteiger partial charge in [-0.25, -0.2) is 8.42 Å². The highest BCUT2D eigenvalue weighted by Gasteiger charge is 2.16. The van der Waals surface area contributed by atoms with Crippen LogP contribution in [0.2, 0.25) is 0 Å². The minimum absolute atomic E-state index is 0.0564. The smallest absolute Gasteiger partial charge is 0.182 e. The molecule has 0 bridgehead atoms. The highest BCUT2D eigenvalue weighted by molar-refractivity contribution is 9.10. The van der Waals surface area contributed by atoms with Crippen LogP contribution in [0.4, 0.5) is 5.69 Å². The Morgan fingerprint density at radius 2 is 2.07 bits per heavy atom. The fourth-order valence-electron chi connectivity index (χ4n) is 1.01. The maximum absolute atomic E-state index is 11.5. The average Bonchev–Trinajstić information content (AvgIpc) is 2.09. The van der Waals surface area contributed by atoms with Gasteiger partial charge in [-0.15, -0.1) is 0 Å². The zero-order chi connectivity index (χ0) is 10.8. The van der Waals surface area contributed by atoms with Gasteiger partial charge < -0.3 is 10.8 Å². The van der Waals surface area contributed by atoms with Crippen LogP contribution in [0.3, 0.4) is 0 Å². The Hall–Kier alpha value is -0.590. The van der Waals surface area contributed by atoms with Gasteiger partial charge in [-0.2, -0.15) is 0 Å². The van der Waals surface area contributed by atoms with E-state index < -0.39 is 16.4 Å². The monoisotopic (exact) mass is 279 g/mol. The van der Waals surface area contributed by atoms with E-state index in [0.717, 1.165) is 0 Å². The van der Waals surface area contributed by atoms with E-state index in [1.807, 2.05) is 0 Å². The first-order chi connectivity index (χ1) is 6.47. The van der Waals surface area contributed by atoms with Crippen LogP contribution in [-0.4, -0.2) is 25.9 Å². The number of halogens is 1. The van der Waals surface area contributed by atoms with Crippen molar-refractivity contribution >= 4 is 31.5 Å². The van der Waals surface area contributed by atoms with Crippen molar-refractivity contribution in [3.8, 4) is 0 Å². The van der Waals surface area contributed by atoms with Crippen LogP contribution in [-0.2, 0) is 9.84 Å². The van der Waals surface area contributed by atoms with Crippen molar-refractivity contribution < 1.29 is 13.5 Å². The molecule has 78 valence electrons. The summed E-state index contributed by atoms with van der Waals surface area (Å²) < 4.78 is 23.7. The van der Waals surface area contributed by atoms with Gasteiger partial charge >= 0.3 is 0 Å². The number of nitrogens with two attached hydrogens (primary N) is 1. The lowest BCUT2D eigenvalue weighted by atomic mass is 10.3. The molecule has 1 aromatic rings. The Morgan fingerprint density at radius 1 is 1.43 bits per heavy atom. The molecule has 0 aliphatic rings. The van der Waals surface area contributed by atoms with Gasteiger partial charge in [0.25, 0.3) is 0 Å². The van der Waals surface area contributed by atoms with Gasteiger partial charge in [0.1, 0.15) is 0 Å². The minimum atomic E-state index is -3.47. The summed E-state index contributed by atoms with van der Waals surface area (Å²) in [5, 5.41) is 8.59. The van der Waals surface area contributed by atoms with E-state index in [9.17, 15) is 8.42 Å². The molecule has 0 aliphatic carbocycles. The SMILES string of the molecule is Nc1ccc(Br)cc1S(=O)(=O)CCO. The zero-order valence-corrected chi connectivity index (χ0v) is 9.68. The van der Waals surface area contributed by atoms with Crippen molar-refractivity contribution in [1.29, 1.82) is 0 Å². The molecule has 0 fully saturated rings. The van der Waals surface area contributed by atoms with E-state index in [0.29, 0.717) is 4.47 Å². The number of aliphatic hydroxyl groups is 1. The number of benzene rings is 1. The lowest BCUT2D eigenvalue weighted by molar-refractivity contribution is 0.319. The molecule has 0 saturated carbocycles. The number of sulfone groups is 1. The maximum atomic E-state index is 11.5. The van der Waals surface area contributed by atoms with Crippen LogP contribution in [0.5, 0.6) is 0 Å². The summed E-state index contributed by atoms with van der Waals surface area (Å²) >= 11 is 3.16. The first-order valence-electron chi connectivity index (χ1n) is 3.86. The Morgan fingerprint density at radius 3 is 2.64 bits per heavy atom. The largest absolute Gasteiger partial charge is 0.398 e. The molecule has 14 heavy (non-hydrogen) atoms. The van der Waals surface area contributed by atoms with Crippen molar-refractivity contribution in [2.24, 2.45) is 0 Å². The molecule has 0 radical (unpaired) electrons. The molecular formula is C8H10BrNO3S. The number of aliphatic hydroxyl groups excluding tert-OH is 1.